The molecule has 0 spiro atoms. The second-order valence-corrected chi connectivity index (χ2v) is 9.99. The van der Waals surface area contributed by atoms with E-state index in [1.54, 1.807) is 60.0 Å². The first-order valence-corrected chi connectivity index (χ1v) is 12.2. The van der Waals surface area contributed by atoms with Crippen LogP contribution in [0, 0.1) is 0 Å². The highest BCUT2D eigenvalue weighted by molar-refractivity contribution is 7.12. The number of nitrogens with one attached hydrogen (secondary N) is 2. The average Bonchev–Trinajstić information content (AvgIpc) is 3.39. The molecule has 0 aliphatic rings. The van der Waals surface area contributed by atoms with E-state index < -0.39 is 17.5 Å². The molecule has 3 rings (SSSR count). The topological polar surface area (TPSA) is 97.0 Å². The summed E-state index contributed by atoms with van der Waals surface area (Å²) in [6.45, 7) is 5.29. The predicted octanol–water partition coefficient (Wildman–Crippen LogP) is 4.18. The SMILES string of the molecule is COc1cc(OC)cc(N(C(=O)CNC(=O)c2cccs2)C(C(=O)NC(C)(C)C)c2ccccc2)c1. The zero-order chi connectivity index (χ0) is 26.3. The highest BCUT2D eigenvalue weighted by Gasteiger charge is 2.35. The molecule has 1 unspecified atom stereocenters. The number of hydrogen-bond donors (Lipinski definition) is 2. The number of hydrogen-bond acceptors (Lipinski definition) is 6. The van der Waals surface area contributed by atoms with Crippen LogP contribution >= 0.6 is 11.3 Å². The zero-order valence-corrected chi connectivity index (χ0v) is 21.8. The van der Waals surface area contributed by atoms with E-state index in [9.17, 15) is 14.4 Å². The third-order valence-electron chi connectivity index (χ3n) is 5.15. The second kappa shape index (κ2) is 11.7. The van der Waals surface area contributed by atoms with Crippen molar-refractivity contribution >= 4 is 34.7 Å². The van der Waals surface area contributed by atoms with Gasteiger partial charge in [0, 0.05) is 23.7 Å². The molecule has 0 aliphatic heterocycles. The largest absolute Gasteiger partial charge is 0.497 e. The van der Waals surface area contributed by atoms with Gasteiger partial charge in [-0.2, -0.15) is 0 Å². The van der Waals surface area contributed by atoms with E-state index in [1.165, 1.54) is 30.5 Å². The minimum Gasteiger partial charge on any atom is -0.497 e. The quantitative estimate of drug-likeness (QED) is 0.451. The Morgan fingerprint density at radius 3 is 2.11 bits per heavy atom. The lowest BCUT2D eigenvalue weighted by Crippen LogP contribution is -2.51. The molecule has 0 saturated carbocycles. The monoisotopic (exact) mass is 509 g/mol. The molecule has 0 aliphatic carbocycles. The fourth-order valence-electron chi connectivity index (χ4n) is 3.60. The first-order valence-electron chi connectivity index (χ1n) is 11.4. The molecule has 2 N–H and O–H groups in total. The Morgan fingerprint density at radius 1 is 0.944 bits per heavy atom. The van der Waals surface area contributed by atoms with Crippen LogP contribution in [0.5, 0.6) is 11.5 Å². The molecule has 36 heavy (non-hydrogen) atoms. The molecule has 3 aromatic rings. The van der Waals surface area contributed by atoms with Gasteiger partial charge in [-0.3, -0.25) is 19.3 Å². The molecule has 0 saturated heterocycles. The molecule has 1 aromatic heterocycles. The van der Waals surface area contributed by atoms with Crippen molar-refractivity contribution in [1.82, 2.24) is 10.6 Å². The van der Waals surface area contributed by atoms with Crippen LogP contribution in [0.15, 0.2) is 66.0 Å². The van der Waals surface area contributed by atoms with Crippen molar-refractivity contribution in [2.45, 2.75) is 32.4 Å². The van der Waals surface area contributed by atoms with Crippen molar-refractivity contribution in [2.24, 2.45) is 0 Å². The van der Waals surface area contributed by atoms with Crippen molar-refractivity contribution < 1.29 is 23.9 Å². The van der Waals surface area contributed by atoms with E-state index in [-0.39, 0.29) is 18.4 Å². The van der Waals surface area contributed by atoms with E-state index in [0.717, 1.165) is 0 Å². The minimum absolute atomic E-state index is 0.317. The van der Waals surface area contributed by atoms with Crippen LogP contribution in [-0.2, 0) is 9.59 Å². The van der Waals surface area contributed by atoms with E-state index >= 15 is 0 Å². The third-order valence-corrected chi connectivity index (χ3v) is 6.02. The van der Waals surface area contributed by atoms with Crippen LogP contribution in [-0.4, -0.2) is 44.0 Å². The number of ether oxygens (including phenoxy) is 2. The fraction of sp³-hybridized carbons (Fsp3) is 0.296. The maximum absolute atomic E-state index is 13.8. The van der Waals surface area contributed by atoms with Crippen LogP contribution < -0.4 is 25.0 Å². The lowest BCUT2D eigenvalue weighted by molar-refractivity contribution is -0.127. The molecule has 0 fully saturated rings. The summed E-state index contributed by atoms with van der Waals surface area (Å²) in [5, 5.41) is 7.44. The maximum atomic E-state index is 13.8. The number of amides is 3. The standard InChI is InChI=1S/C27H31N3O5S/c1-27(2,3)29-26(33)24(18-10-7-6-8-11-18)30(19-14-20(34-4)16-21(15-19)35-5)23(31)17-28-25(32)22-12-9-13-36-22/h6-16,24H,17H2,1-5H3,(H,28,32)(H,29,33). The maximum Gasteiger partial charge on any atom is 0.261 e. The summed E-state index contributed by atoms with van der Waals surface area (Å²) < 4.78 is 10.8. The first kappa shape index (κ1) is 26.7. The van der Waals surface area contributed by atoms with Crippen LogP contribution in [0.2, 0.25) is 0 Å². The van der Waals surface area contributed by atoms with Gasteiger partial charge in [0.1, 0.15) is 17.5 Å². The Kier molecular flexibility index (Phi) is 8.71. The van der Waals surface area contributed by atoms with Gasteiger partial charge in [0.25, 0.3) is 5.91 Å². The van der Waals surface area contributed by atoms with Gasteiger partial charge in [0.15, 0.2) is 0 Å². The normalized spacial score (nSPS) is 11.8. The minimum atomic E-state index is -1.02. The molecule has 0 bridgehead atoms. The molecule has 0 radical (unpaired) electrons. The number of carbonyl (C=O) groups is 3. The van der Waals surface area contributed by atoms with Crippen molar-refractivity contribution in [3.05, 3.63) is 76.5 Å². The summed E-state index contributed by atoms with van der Waals surface area (Å²) in [6.07, 6.45) is 0. The molecule has 190 valence electrons. The van der Waals surface area contributed by atoms with Crippen molar-refractivity contribution in [1.29, 1.82) is 0 Å². The lowest BCUT2D eigenvalue weighted by atomic mass is 10.0. The van der Waals surface area contributed by atoms with Gasteiger partial charge in [-0.05, 0) is 37.8 Å². The number of rotatable bonds is 9. The number of thiophene rings is 1. The Hall–Kier alpha value is -3.85. The van der Waals surface area contributed by atoms with Gasteiger partial charge in [-0.15, -0.1) is 11.3 Å². The Bertz CT molecular complexity index is 1170. The average molecular weight is 510 g/mol. The molecule has 1 atom stereocenters. The third kappa shape index (κ3) is 6.85. The fourth-order valence-corrected chi connectivity index (χ4v) is 4.24. The van der Waals surface area contributed by atoms with Crippen LogP contribution in [0.25, 0.3) is 0 Å². The Morgan fingerprint density at radius 2 is 1.58 bits per heavy atom. The van der Waals surface area contributed by atoms with Crippen molar-refractivity contribution in [2.75, 3.05) is 25.7 Å². The molecular weight excluding hydrogens is 478 g/mol. The highest BCUT2D eigenvalue weighted by Crippen LogP contribution is 2.34. The first-order chi connectivity index (χ1) is 17.1. The van der Waals surface area contributed by atoms with Crippen molar-refractivity contribution in [3.8, 4) is 11.5 Å². The Balaban J connectivity index is 2.08. The number of anilines is 1. The molecule has 9 heteroatoms. The zero-order valence-electron chi connectivity index (χ0n) is 21.0. The molecule has 2 aromatic carbocycles. The smallest absolute Gasteiger partial charge is 0.261 e. The van der Waals surface area contributed by atoms with E-state index in [2.05, 4.69) is 10.6 Å². The van der Waals surface area contributed by atoms with E-state index in [1.807, 2.05) is 26.8 Å². The van der Waals surface area contributed by atoms with Gasteiger partial charge < -0.3 is 20.1 Å². The summed E-state index contributed by atoms with van der Waals surface area (Å²) in [5.41, 5.74) is 0.455. The van der Waals surface area contributed by atoms with Gasteiger partial charge in [0.05, 0.1) is 31.3 Å². The van der Waals surface area contributed by atoms with Gasteiger partial charge in [0.2, 0.25) is 11.8 Å². The van der Waals surface area contributed by atoms with Crippen LogP contribution in [0.1, 0.15) is 42.0 Å². The number of benzene rings is 2. The Labute approximate surface area is 215 Å². The number of nitrogens with zero attached hydrogens (tertiary/aromatic N) is 1. The number of carbonyl (C=O) groups excluding carboxylic acids is 3. The van der Waals surface area contributed by atoms with Gasteiger partial charge >= 0.3 is 0 Å². The predicted molar refractivity (Wildman–Crippen MR) is 141 cm³/mol. The molecule has 3 amide bonds. The number of methoxy groups -OCH3 is 2. The van der Waals surface area contributed by atoms with Gasteiger partial charge in [-0.25, -0.2) is 0 Å². The summed E-state index contributed by atoms with van der Waals surface area (Å²) in [4.78, 5) is 41.8. The van der Waals surface area contributed by atoms with E-state index in [0.29, 0.717) is 27.6 Å². The summed E-state index contributed by atoms with van der Waals surface area (Å²) in [5.74, 6) is -0.306. The summed E-state index contributed by atoms with van der Waals surface area (Å²) in [6, 6.07) is 16.4. The highest BCUT2D eigenvalue weighted by atomic mass is 32.1. The lowest BCUT2D eigenvalue weighted by Gasteiger charge is -2.34. The van der Waals surface area contributed by atoms with Gasteiger partial charge in [-0.1, -0.05) is 36.4 Å². The molecule has 8 nitrogen and oxygen atoms in total. The second-order valence-electron chi connectivity index (χ2n) is 9.05. The van der Waals surface area contributed by atoms with Crippen molar-refractivity contribution in [3.63, 3.8) is 0 Å². The van der Waals surface area contributed by atoms with Crippen LogP contribution in [0.3, 0.4) is 0 Å². The van der Waals surface area contributed by atoms with Crippen LogP contribution in [0.4, 0.5) is 5.69 Å². The summed E-state index contributed by atoms with van der Waals surface area (Å²) in [7, 11) is 3.01. The molecule has 1 heterocycles. The van der Waals surface area contributed by atoms with E-state index in [4.69, 9.17) is 9.47 Å². The molecular formula is C27H31N3O5S. The summed E-state index contributed by atoms with van der Waals surface area (Å²) >= 11 is 1.28.